The molecule has 1 aliphatic rings. The van der Waals surface area contributed by atoms with Crippen molar-refractivity contribution in [1.82, 2.24) is 0 Å². The van der Waals surface area contributed by atoms with Crippen LogP contribution in [0.3, 0.4) is 0 Å². The first-order valence-corrected chi connectivity index (χ1v) is 5.38. The van der Waals surface area contributed by atoms with Crippen molar-refractivity contribution in [3.8, 4) is 17.2 Å². The SMILES string of the molecule is COc1cc2c(c(O)c1OC)C(=O)O[C@H](C)C2O. The van der Waals surface area contributed by atoms with E-state index in [4.69, 9.17) is 14.2 Å². The van der Waals surface area contributed by atoms with Gasteiger partial charge in [-0.25, -0.2) is 4.79 Å². The molecule has 0 amide bonds. The number of fused-ring (bicyclic) bond motifs is 1. The highest BCUT2D eigenvalue weighted by molar-refractivity contribution is 5.97. The molecule has 0 saturated carbocycles. The third-order valence-electron chi connectivity index (χ3n) is 2.94. The number of cyclic esters (lactones) is 1. The van der Waals surface area contributed by atoms with Crippen molar-refractivity contribution in [3.63, 3.8) is 0 Å². The number of carbonyl (C=O) groups is 1. The highest BCUT2D eigenvalue weighted by Gasteiger charge is 2.36. The molecule has 18 heavy (non-hydrogen) atoms. The van der Waals surface area contributed by atoms with Gasteiger partial charge in [-0.15, -0.1) is 0 Å². The van der Waals surface area contributed by atoms with Crippen molar-refractivity contribution >= 4 is 5.97 Å². The number of benzene rings is 1. The van der Waals surface area contributed by atoms with Crippen molar-refractivity contribution in [1.29, 1.82) is 0 Å². The summed E-state index contributed by atoms with van der Waals surface area (Å²) in [6.45, 7) is 1.57. The lowest BCUT2D eigenvalue weighted by Gasteiger charge is -2.28. The fraction of sp³-hybridized carbons (Fsp3) is 0.417. The van der Waals surface area contributed by atoms with Gasteiger partial charge in [0.15, 0.2) is 11.5 Å². The number of ether oxygens (including phenoxy) is 3. The molecule has 1 heterocycles. The first kappa shape index (κ1) is 12.5. The summed E-state index contributed by atoms with van der Waals surface area (Å²) in [5.41, 5.74) is 0.187. The summed E-state index contributed by atoms with van der Waals surface area (Å²) < 4.78 is 15.0. The molecule has 1 unspecified atom stereocenters. The molecular weight excluding hydrogens is 240 g/mol. The Morgan fingerprint density at radius 2 is 2.00 bits per heavy atom. The quantitative estimate of drug-likeness (QED) is 0.766. The van der Waals surface area contributed by atoms with Crippen molar-refractivity contribution < 1.29 is 29.2 Å². The number of carbonyl (C=O) groups excluding carboxylic acids is 1. The van der Waals surface area contributed by atoms with E-state index in [0.29, 0.717) is 0 Å². The molecular formula is C12H14O6. The van der Waals surface area contributed by atoms with E-state index in [0.717, 1.165) is 0 Å². The number of esters is 1. The zero-order chi connectivity index (χ0) is 13.4. The fourth-order valence-corrected chi connectivity index (χ4v) is 1.99. The van der Waals surface area contributed by atoms with Gasteiger partial charge in [-0.1, -0.05) is 0 Å². The Kier molecular flexibility index (Phi) is 3.04. The standard InChI is InChI=1S/C12H14O6/c1-5-9(13)6-4-7(16-2)11(17-3)10(14)8(6)12(15)18-5/h4-5,9,13-14H,1-3H3/t5-,9?/m1/s1. The van der Waals surface area contributed by atoms with Gasteiger partial charge in [0.25, 0.3) is 0 Å². The molecule has 0 bridgehead atoms. The lowest BCUT2D eigenvalue weighted by Crippen LogP contribution is -2.30. The maximum atomic E-state index is 11.7. The monoisotopic (exact) mass is 254 g/mol. The van der Waals surface area contributed by atoms with E-state index in [1.165, 1.54) is 20.3 Å². The molecule has 6 nitrogen and oxygen atoms in total. The summed E-state index contributed by atoms with van der Waals surface area (Å²) in [5, 5.41) is 20.0. The molecule has 2 atom stereocenters. The zero-order valence-corrected chi connectivity index (χ0v) is 10.3. The van der Waals surface area contributed by atoms with E-state index in [1.54, 1.807) is 6.92 Å². The summed E-state index contributed by atoms with van der Waals surface area (Å²) in [4.78, 5) is 11.7. The van der Waals surface area contributed by atoms with Gasteiger partial charge in [0, 0.05) is 5.56 Å². The predicted molar refractivity (Wildman–Crippen MR) is 61.0 cm³/mol. The maximum Gasteiger partial charge on any atom is 0.342 e. The highest BCUT2D eigenvalue weighted by atomic mass is 16.6. The third kappa shape index (κ3) is 1.65. The zero-order valence-electron chi connectivity index (χ0n) is 10.3. The van der Waals surface area contributed by atoms with Gasteiger partial charge in [-0.3, -0.25) is 0 Å². The van der Waals surface area contributed by atoms with E-state index in [-0.39, 0.29) is 28.4 Å². The van der Waals surface area contributed by atoms with Crippen molar-refractivity contribution in [2.45, 2.75) is 19.1 Å². The molecule has 0 radical (unpaired) electrons. The highest BCUT2D eigenvalue weighted by Crippen LogP contribution is 2.45. The van der Waals surface area contributed by atoms with E-state index >= 15 is 0 Å². The predicted octanol–water partition coefficient (Wildman–Crippen LogP) is 1.00. The van der Waals surface area contributed by atoms with E-state index < -0.39 is 18.2 Å². The Morgan fingerprint density at radius 1 is 1.33 bits per heavy atom. The Morgan fingerprint density at radius 3 is 2.56 bits per heavy atom. The van der Waals surface area contributed by atoms with Crippen molar-refractivity contribution in [2.24, 2.45) is 0 Å². The van der Waals surface area contributed by atoms with E-state index in [9.17, 15) is 15.0 Å². The van der Waals surface area contributed by atoms with E-state index in [2.05, 4.69) is 0 Å². The Bertz CT molecular complexity index is 496. The normalized spacial score (nSPS) is 22.1. The first-order valence-electron chi connectivity index (χ1n) is 5.38. The molecule has 1 aromatic carbocycles. The minimum atomic E-state index is -1.01. The molecule has 1 aliphatic heterocycles. The number of rotatable bonds is 2. The summed E-state index contributed by atoms with van der Waals surface area (Å²) in [6, 6.07) is 1.47. The van der Waals surface area contributed by atoms with Crippen LogP contribution in [0.15, 0.2) is 6.07 Å². The fourth-order valence-electron chi connectivity index (χ4n) is 1.99. The number of aliphatic hydroxyl groups excluding tert-OH is 1. The Hall–Kier alpha value is -1.95. The van der Waals surface area contributed by atoms with Crippen LogP contribution in [-0.2, 0) is 4.74 Å². The minimum absolute atomic E-state index is 0.0370. The van der Waals surface area contributed by atoms with Crippen LogP contribution in [0.2, 0.25) is 0 Å². The second-order valence-corrected chi connectivity index (χ2v) is 3.98. The van der Waals surface area contributed by atoms with Gasteiger partial charge in [-0.2, -0.15) is 0 Å². The van der Waals surface area contributed by atoms with Crippen LogP contribution in [0, 0.1) is 0 Å². The average Bonchev–Trinajstić information content (AvgIpc) is 2.34. The number of aromatic hydroxyl groups is 1. The summed E-state index contributed by atoms with van der Waals surface area (Å²) in [7, 11) is 2.75. The number of methoxy groups -OCH3 is 2. The molecule has 0 aliphatic carbocycles. The van der Waals surface area contributed by atoms with Gasteiger partial charge in [0.05, 0.1) is 14.2 Å². The molecule has 0 spiro atoms. The number of hydrogen-bond acceptors (Lipinski definition) is 6. The Balaban J connectivity index is 2.71. The van der Waals surface area contributed by atoms with Gasteiger partial charge >= 0.3 is 5.97 Å². The number of hydrogen-bond donors (Lipinski definition) is 2. The summed E-state index contributed by atoms with van der Waals surface area (Å²) in [6.07, 6.45) is -1.69. The van der Waals surface area contributed by atoms with Gasteiger partial charge in [0.2, 0.25) is 5.75 Å². The summed E-state index contributed by atoms with van der Waals surface area (Å²) >= 11 is 0. The maximum absolute atomic E-state index is 11.7. The largest absolute Gasteiger partial charge is 0.504 e. The first-order chi connectivity index (χ1) is 8.51. The van der Waals surface area contributed by atoms with Gasteiger partial charge < -0.3 is 24.4 Å². The Labute approximate surface area is 104 Å². The number of phenolic OH excluding ortho intramolecular Hbond substituents is 1. The lowest BCUT2D eigenvalue weighted by molar-refractivity contribution is -0.0218. The van der Waals surface area contributed by atoms with Crippen LogP contribution in [0.5, 0.6) is 17.2 Å². The molecule has 0 saturated heterocycles. The second kappa shape index (κ2) is 4.38. The number of phenols is 1. The van der Waals surface area contributed by atoms with Crippen LogP contribution < -0.4 is 9.47 Å². The van der Waals surface area contributed by atoms with Gasteiger partial charge in [0.1, 0.15) is 17.8 Å². The summed E-state index contributed by atoms with van der Waals surface area (Å²) in [5.74, 6) is -0.797. The van der Waals surface area contributed by atoms with Crippen LogP contribution in [0.25, 0.3) is 0 Å². The van der Waals surface area contributed by atoms with Crippen LogP contribution in [0.4, 0.5) is 0 Å². The molecule has 98 valence electrons. The second-order valence-electron chi connectivity index (χ2n) is 3.98. The van der Waals surface area contributed by atoms with Crippen LogP contribution >= 0.6 is 0 Å². The van der Waals surface area contributed by atoms with E-state index in [1.807, 2.05) is 0 Å². The smallest absolute Gasteiger partial charge is 0.342 e. The molecule has 0 aromatic heterocycles. The van der Waals surface area contributed by atoms with Crippen molar-refractivity contribution in [2.75, 3.05) is 14.2 Å². The lowest BCUT2D eigenvalue weighted by atomic mass is 9.94. The molecule has 2 N–H and O–H groups in total. The van der Waals surface area contributed by atoms with Crippen molar-refractivity contribution in [3.05, 3.63) is 17.2 Å². The van der Waals surface area contributed by atoms with Gasteiger partial charge in [-0.05, 0) is 13.0 Å². The molecule has 1 aromatic rings. The van der Waals surface area contributed by atoms with Crippen LogP contribution in [0.1, 0.15) is 28.9 Å². The third-order valence-corrected chi connectivity index (χ3v) is 2.94. The van der Waals surface area contributed by atoms with Crippen LogP contribution in [-0.4, -0.2) is 36.5 Å². The molecule has 2 rings (SSSR count). The number of aliphatic hydroxyl groups is 1. The minimum Gasteiger partial charge on any atom is -0.504 e. The average molecular weight is 254 g/mol. The molecule has 0 fully saturated rings. The topological polar surface area (TPSA) is 85.2 Å². The molecule has 6 heteroatoms.